The Kier molecular flexibility index (Phi) is 5.89. The number of rotatable bonds is 6. The molecular weight excluding hydrogens is 352 g/mol. The molecule has 3 aromatic rings. The molecule has 0 unspecified atom stereocenters. The normalized spacial score (nSPS) is 12.1. The van der Waals surface area contributed by atoms with Gasteiger partial charge in [-0.15, -0.1) is 0 Å². The van der Waals surface area contributed by atoms with Crippen molar-refractivity contribution in [1.82, 2.24) is 19.2 Å². The van der Waals surface area contributed by atoms with E-state index in [1.165, 1.54) is 0 Å². The lowest BCUT2D eigenvalue weighted by Crippen LogP contribution is -2.27. The van der Waals surface area contributed by atoms with Gasteiger partial charge in [-0.2, -0.15) is 5.10 Å². The number of carbonyl (C=O) groups excluding carboxylic acids is 1. The van der Waals surface area contributed by atoms with Crippen molar-refractivity contribution >= 4 is 17.0 Å². The van der Waals surface area contributed by atoms with E-state index in [0.29, 0.717) is 0 Å². The van der Waals surface area contributed by atoms with Crippen molar-refractivity contribution in [1.29, 1.82) is 0 Å². The zero-order chi connectivity index (χ0) is 20.3. The topological polar surface area (TPSA) is 52.3 Å². The van der Waals surface area contributed by atoms with Crippen LogP contribution in [0.4, 0.5) is 4.79 Å². The maximum absolute atomic E-state index is 12.6. The molecular formula is C22H30N4O2. The third kappa shape index (κ3) is 4.44. The summed E-state index contributed by atoms with van der Waals surface area (Å²) in [6.07, 6.45) is 3.27. The first kappa shape index (κ1) is 20.1. The molecule has 0 atom stereocenters. The van der Waals surface area contributed by atoms with Crippen LogP contribution in [0.25, 0.3) is 22.2 Å². The van der Waals surface area contributed by atoms with Gasteiger partial charge in [0, 0.05) is 23.7 Å². The number of hydrogen-bond donors (Lipinski definition) is 0. The van der Waals surface area contributed by atoms with Crippen LogP contribution >= 0.6 is 0 Å². The van der Waals surface area contributed by atoms with Gasteiger partial charge < -0.3 is 9.64 Å². The molecule has 0 N–H and O–H groups in total. The highest BCUT2D eigenvalue weighted by molar-refractivity contribution is 5.86. The molecule has 2 aromatic heterocycles. The third-order valence-corrected chi connectivity index (χ3v) is 4.80. The average molecular weight is 383 g/mol. The van der Waals surface area contributed by atoms with Crippen LogP contribution in [-0.2, 0) is 11.3 Å². The Balaban J connectivity index is 1.90. The Morgan fingerprint density at radius 3 is 2.61 bits per heavy atom. The zero-order valence-corrected chi connectivity index (χ0v) is 17.5. The van der Waals surface area contributed by atoms with E-state index in [-0.39, 0.29) is 6.09 Å². The molecule has 0 amide bonds. The number of ether oxygens (including phenoxy) is 1. The predicted molar refractivity (Wildman–Crippen MR) is 113 cm³/mol. The van der Waals surface area contributed by atoms with E-state index in [1.807, 2.05) is 49.8 Å². The Morgan fingerprint density at radius 1 is 1.18 bits per heavy atom. The molecule has 0 bridgehead atoms. The highest BCUT2D eigenvalue weighted by Crippen LogP contribution is 2.26. The molecule has 2 heterocycles. The van der Waals surface area contributed by atoms with E-state index in [1.54, 1.807) is 10.8 Å². The second-order valence-electron chi connectivity index (χ2n) is 7.91. The van der Waals surface area contributed by atoms with Crippen LogP contribution in [0.15, 0.2) is 42.7 Å². The summed E-state index contributed by atoms with van der Waals surface area (Å²) in [4.78, 5) is 14.9. The van der Waals surface area contributed by atoms with Gasteiger partial charge in [0.25, 0.3) is 0 Å². The van der Waals surface area contributed by atoms with E-state index in [4.69, 9.17) is 4.74 Å². The van der Waals surface area contributed by atoms with E-state index in [2.05, 4.69) is 36.0 Å². The Labute approximate surface area is 166 Å². The van der Waals surface area contributed by atoms with Gasteiger partial charge in [0.1, 0.15) is 5.60 Å². The molecule has 28 heavy (non-hydrogen) atoms. The number of likely N-dealkylation sites (N-methyl/N-ethyl adjacent to an activating group) is 1. The zero-order valence-electron chi connectivity index (χ0n) is 17.5. The molecule has 0 radical (unpaired) electrons. The first-order chi connectivity index (χ1) is 13.3. The van der Waals surface area contributed by atoms with Crippen LogP contribution in [0, 0.1) is 0 Å². The van der Waals surface area contributed by atoms with Crippen LogP contribution in [0.5, 0.6) is 0 Å². The molecule has 3 rings (SSSR count). The summed E-state index contributed by atoms with van der Waals surface area (Å²) in [6.45, 7) is 13.8. The minimum atomic E-state index is -0.536. The van der Waals surface area contributed by atoms with E-state index < -0.39 is 5.60 Å². The van der Waals surface area contributed by atoms with Gasteiger partial charge in [0.15, 0.2) is 0 Å². The van der Waals surface area contributed by atoms with Gasteiger partial charge >= 0.3 is 6.09 Å². The highest BCUT2D eigenvalue weighted by Gasteiger charge is 2.20. The van der Waals surface area contributed by atoms with Crippen LogP contribution in [-0.4, -0.2) is 50.6 Å². The summed E-state index contributed by atoms with van der Waals surface area (Å²) in [5.41, 5.74) is 2.31. The van der Waals surface area contributed by atoms with Crippen molar-refractivity contribution in [2.24, 2.45) is 0 Å². The summed E-state index contributed by atoms with van der Waals surface area (Å²) < 4.78 is 9.13. The molecule has 6 nitrogen and oxygen atoms in total. The number of carbonyl (C=O) groups is 1. The van der Waals surface area contributed by atoms with Gasteiger partial charge in [-0.25, -0.2) is 4.79 Å². The highest BCUT2D eigenvalue weighted by atomic mass is 16.6. The van der Waals surface area contributed by atoms with Crippen molar-refractivity contribution in [2.45, 2.75) is 46.8 Å². The van der Waals surface area contributed by atoms with Crippen molar-refractivity contribution < 1.29 is 9.53 Å². The molecule has 0 fully saturated rings. The van der Waals surface area contributed by atoms with Gasteiger partial charge in [0.2, 0.25) is 0 Å². The number of benzene rings is 1. The summed E-state index contributed by atoms with van der Waals surface area (Å²) in [6, 6.07) is 9.97. The first-order valence-electron chi connectivity index (χ1n) is 9.91. The number of hydrogen-bond acceptors (Lipinski definition) is 4. The molecule has 0 aliphatic heterocycles. The molecule has 0 aliphatic carbocycles. The standard InChI is InChI=1S/C22H30N4O2/c1-6-24(7-2)13-14-26-20-15-17(10-11-18(20)16-23-26)19-9-8-12-25(19)21(27)28-22(3,4)5/h8-12,15-16H,6-7,13-14H2,1-5H3. The summed E-state index contributed by atoms with van der Waals surface area (Å²) in [5.74, 6) is 0. The Morgan fingerprint density at radius 2 is 1.93 bits per heavy atom. The van der Waals surface area contributed by atoms with Gasteiger partial charge in [-0.1, -0.05) is 26.0 Å². The summed E-state index contributed by atoms with van der Waals surface area (Å²) >= 11 is 0. The molecule has 150 valence electrons. The van der Waals surface area contributed by atoms with Crippen molar-refractivity contribution in [3.63, 3.8) is 0 Å². The lowest BCUT2D eigenvalue weighted by molar-refractivity contribution is 0.0540. The van der Waals surface area contributed by atoms with Crippen molar-refractivity contribution in [2.75, 3.05) is 19.6 Å². The maximum atomic E-state index is 12.6. The molecule has 6 heteroatoms. The van der Waals surface area contributed by atoms with Crippen LogP contribution in [0.1, 0.15) is 34.6 Å². The van der Waals surface area contributed by atoms with Gasteiger partial charge in [-0.3, -0.25) is 9.25 Å². The average Bonchev–Trinajstić information content (AvgIpc) is 3.28. The number of aromatic nitrogens is 3. The molecule has 1 aromatic carbocycles. The third-order valence-electron chi connectivity index (χ3n) is 4.80. The van der Waals surface area contributed by atoms with E-state index in [0.717, 1.165) is 48.3 Å². The largest absolute Gasteiger partial charge is 0.443 e. The smallest absolute Gasteiger partial charge is 0.418 e. The molecule has 0 saturated carbocycles. The predicted octanol–water partition coefficient (Wildman–Crippen LogP) is 4.63. The minimum absolute atomic E-state index is 0.373. The lowest BCUT2D eigenvalue weighted by Gasteiger charge is -2.20. The van der Waals surface area contributed by atoms with Crippen molar-refractivity contribution in [3.8, 4) is 11.3 Å². The number of fused-ring (bicyclic) bond motifs is 1. The monoisotopic (exact) mass is 382 g/mol. The Hall–Kier alpha value is -2.60. The van der Waals surface area contributed by atoms with Gasteiger partial charge in [0.05, 0.1) is 24.0 Å². The second-order valence-corrected chi connectivity index (χ2v) is 7.91. The van der Waals surface area contributed by atoms with E-state index in [9.17, 15) is 4.79 Å². The quantitative estimate of drug-likeness (QED) is 0.624. The fraction of sp³-hybridized carbons (Fsp3) is 0.455. The lowest BCUT2D eigenvalue weighted by atomic mass is 10.1. The Bertz CT molecular complexity index is 945. The summed E-state index contributed by atoms with van der Waals surface area (Å²) in [7, 11) is 0. The summed E-state index contributed by atoms with van der Waals surface area (Å²) in [5, 5.41) is 5.65. The van der Waals surface area contributed by atoms with Gasteiger partial charge in [-0.05, 0) is 52.1 Å². The fourth-order valence-corrected chi connectivity index (χ4v) is 3.27. The van der Waals surface area contributed by atoms with Crippen LogP contribution in [0.3, 0.4) is 0 Å². The maximum Gasteiger partial charge on any atom is 0.418 e. The minimum Gasteiger partial charge on any atom is -0.443 e. The fourth-order valence-electron chi connectivity index (χ4n) is 3.27. The van der Waals surface area contributed by atoms with E-state index >= 15 is 0 Å². The van der Waals surface area contributed by atoms with Crippen LogP contribution < -0.4 is 0 Å². The SMILES string of the molecule is CCN(CC)CCn1ncc2ccc(-c3cccn3C(=O)OC(C)(C)C)cc21. The second kappa shape index (κ2) is 8.19. The molecule has 0 aliphatic rings. The molecule has 0 saturated heterocycles. The van der Waals surface area contributed by atoms with Crippen molar-refractivity contribution in [3.05, 3.63) is 42.7 Å². The molecule has 0 spiro atoms. The first-order valence-corrected chi connectivity index (χ1v) is 9.91. The van der Waals surface area contributed by atoms with Crippen LogP contribution in [0.2, 0.25) is 0 Å². The number of nitrogens with zero attached hydrogens (tertiary/aromatic N) is 4.